The molecule has 2 aromatic carbocycles. The number of nitrogens with zero attached hydrogens (tertiary/aromatic N) is 2. The van der Waals surface area contributed by atoms with Gasteiger partial charge in [0.2, 0.25) is 0 Å². The zero-order valence-corrected chi connectivity index (χ0v) is 16.2. The number of carbonyl (C=O) groups excluding carboxylic acids is 1. The molecule has 0 spiro atoms. The van der Waals surface area contributed by atoms with Crippen molar-refractivity contribution in [2.24, 2.45) is 0 Å². The molecule has 0 aliphatic rings. The molecule has 0 saturated heterocycles. The lowest BCUT2D eigenvalue weighted by molar-refractivity contribution is 0.0948. The monoisotopic (exact) mass is 396 g/mol. The Labute approximate surface area is 168 Å². The number of aromatic nitrogens is 2. The highest BCUT2D eigenvalue weighted by molar-refractivity contribution is 6.32. The van der Waals surface area contributed by atoms with E-state index in [0.717, 1.165) is 18.5 Å². The summed E-state index contributed by atoms with van der Waals surface area (Å²) < 4.78 is 5.13. The molecule has 3 rings (SSSR count). The summed E-state index contributed by atoms with van der Waals surface area (Å²) in [6.07, 6.45) is 4.73. The third-order valence-corrected chi connectivity index (χ3v) is 4.37. The van der Waals surface area contributed by atoms with E-state index < -0.39 is 0 Å². The molecule has 0 fully saturated rings. The van der Waals surface area contributed by atoms with E-state index in [0.29, 0.717) is 23.1 Å². The maximum absolute atomic E-state index is 12.2. The standard InChI is InChI=1S/C21H21ClN4O2/c1-28-19-10-9-16(12-17(19)22)26-20-14-24-18(13-25-20)21(27)23-11-5-8-15-6-3-2-4-7-15/h2-4,6-7,9-10,12-14H,5,8,11H2,1H3,(H,23,27)(H,25,26). The van der Waals surface area contributed by atoms with Crippen LogP contribution in [0.5, 0.6) is 5.75 Å². The van der Waals surface area contributed by atoms with Gasteiger partial charge in [-0.15, -0.1) is 0 Å². The fourth-order valence-corrected chi connectivity index (χ4v) is 2.89. The van der Waals surface area contributed by atoms with Crippen molar-refractivity contribution in [2.75, 3.05) is 19.0 Å². The van der Waals surface area contributed by atoms with Gasteiger partial charge in [0.25, 0.3) is 5.91 Å². The second-order valence-corrected chi connectivity index (χ2v) is 6.51. The van der Waals surface area contributed by atoms with Gasteiger partial charge in [-0.05, 0) is 36.6 Å². The van der Waals surface area contributed by atoms with Gasteiger partial charge in [-0.2, -0.15) is 0 Å². The molecule has 2 N–H and O–H groups in total. The fourth-order valence-electron chi connectivity index (χ4n) is 2.63. The summed E-state index contributed by atoms with van der Waals surface area (Å²) in [6, 6.07) is 15.5. The van der Waals surface area contributed by atoms with Crippen molar-refractivity contribution in [1.82, 2.24) is 15.3 Å². The minimum Gasteiger partial charge on any atom is -0.495 e. The van der Waals surface area contributed by atoms with Gasteiger partial charge in [0.05, 0.1) is 24.5 Å². The predicted molar refractivity (Wildman–Crippen MR) is 110 cm³/mol. The molecule has 0 unspecified atom stereocenters. The van der Waals surface area contributed by atoms with E-state index in [4.69, 9.17) is 16.3 Å². The Kier molecular flexibility index (Phi) is 6.81. The first-order valence-electron chi connectivity index (χ1n) is 8.90. The summed E-state index contributed by atoms with van der Waals surface area (Å²) in [4.78, 5) is 20.6. The van der Waals surface area contributed by atoms with Crippen molar-refractivity contribution in [1.29, 1.82) is 0 Å². The number of ether oxygens (including phenoxy) is 1. The zero-order valence-electron chi connectivity index (χ0n) is 15.5. The molecule has 0 radical (unpaired) electrons. The first-order chi connectivity index (χ1) is 13.7. The van der Waals surface area contributed by atoms with Crippen LogP contribution in [-0.4, -0.2) is 29.5 Å². The second-order valence-electron chi connectivity index (χ2n) is 6.11. The van der Waals surface area contributed by atoms with Crippen molar-refractivity contribution >= 4 is 29.0 Å². The largest absolute Gasteiger partial charge is 0.495 e. The molecule has 1 heterocycles. The van der Waals surface area contributed by atoms with Crippen molar-refractivity contribution in [3.63, 3.8) is 0 Å². The number of nitrogens with one attached hydrogen (secondary N) is 2. The maximum Gasteiger partial charge on any atom is 0.271 e. The Balaban J connectivity index is 1.49. The Morgan fingerprint density at radius 1 is 1.11 bits per heavy atom. The highest BCUT2D eigenvalue weighted by Crippen LogP contribution is 2.28. The van der Waals surface area contributed by atoms with Crippen LogP contribution in [0.1, 0.15) is 22.5 Å². The third kappa shape index (κ3) is 5.44. The smallest absolute Gasteiger partial charge is 0.271 e. The minimum atomic E-state index is -0.236. The predicted octanol–water partition coefficient (Wildman–Crippen LogP) is 4.24. The van der Waals surface area contributed by atoms with Crippen LogP contribution >= 0.6 is 11.6 Å². The van der Waals surface area contributed by atoms with Gasteiger partial charge in [-0.1, -0.05) is 41.9 Å². The molecule has 0 atom stereocenters. The Hall–Kier alpha value is -3.12. The van der Waals surface area contributed by atoms with Gasteiger partial charge in [-0.3, -0.25) is 4.79 Å². The van der Waals surface area contributed by atoms with Crippen molar-refractivity contribution < 1.29 is 9.53 Å². The van der Waals surface area contributed by atoms with Gasteiger partial charge in [0, 0.05) is 12.2 Å². The summed E-state index contributed by atoms with van der Waals surface area (Å²) in [5, 5.41) is 6.45. The summed E-state index contributed by atoms with van der Waals surface area (Å²) >= 11 is 6.11. The van der Waals surface area contributed by atoms with Crippen LogP contribution in [0.25, 0.3) is 0 Å². The van der Waals surface area contributed by atoms with Crippen LogP contribution in [0.15, 0.2) is 60.9 Å². The molecule has 1 aromatic heterocycles. The number of hydrogen-bond acceptors (Lipinski definition) is 5. The molecular formula is C21H21ClN4O2. The highest BCUT2D eigenvalue weighted by Gasteiger charge is 2.08. The number of benzene rings is 2. The Bertz CT molecular complexity index is 917. The van der Waals surface area contributed by atoms with E-state index in [1.54, 1.807) is 19.2 Å². The first kappa shape index (κ1) is 19.6. The van der Waals surface area contributed by atoms with Gasteiger partial charge in [0.15, 0.2) is 0 Å². The molecule has 0 bridgehead atoms. The highest BCUT2D eigenvalue weighted by atomic mass is 35.5. The van der Waals surface area contributed by atoms with Crippen molar-refractivity contribution in [3.8, 4) is 5.75 Å². The quantitative estimate of drug-likeness (QED) is 0.557. The van der Waals surface area contributed by atoms with E-state index in [-0.39, 0.29) is 11.6 Å². The van der Waals surface area contributed by atoms with E-state index in [1.807, 2.05) is 24.3 Å². The molecule has 0 aliphatic carbocycles. The molecule has 7 heteroatoms. The lowest BCUT2D eigenvalue weighted by Crippen LogP contribution is -2.25. The van der Waals surface area contributed by atoms with Crippen molar-refractivity contribution in [2.45, 2.75) is 12.8 Å². The number of rotatable bonds is 8. The molecule has 0 saturated carbocycles. The van der Waals surface area contributed by atoms with Gasteiger partial charge < -0.3 is 15.4 Å². The van der Waals surface area contributed by atoms with Crippen LogP contribution in [0.4, 0.5) is 11.5 Å². The van der Waals surface area contributed by atoms with Crippen LogP contribution in [0.3, 0.4) is 0 Å². The van der Waals surface area contributed by atoms with Gasteiger partial charge in [0.1, 0.15) is 17.3 Å². The van der Waals surface area contributed by atoms with E-state index in [9.17, 15) is 4.79 Å². The maximum atomic E-state index is 12.2. The van der Waals surface area contributed by atoms with E-state index in [2.05, 4.69) is 32.7 Å². The Morgan fingerprint density at radius 3 is 2.61 bits per heavy atom. The van der Waals surface area contributed by atoms with E-state index in [1.165, 1.54) is 18.0 Å². The number of halogens is 1. The minimum absolute atomic E-state index is 0.236. The number of methoxy groups -OCH3 is 1. The number of amides is 1. The topological polar surface area (TPSA) is 76.1 Å². The molecule has 3 aromatic rings. The summed E-state index contributed by atoms with van der Waals surface area (Å²) in [5.74, 6) is 0.874. The van der Waals surface area contributed by atoms with E-state index >= 15 is 0 Å². The normalized spacial score (nSPS) is 10.4. The zero-order chi connectivity index (χ0) is 19.8. The molecule has 6 nitrogen and oxygen atoms in total. The number of anilines is 2. The summed E-state index contributed by atoms with van der Waals surface area (Å²) in [6.45, 7) is 0.583. The second kappa shape index (κ2) is 9.71. The molecule has 0 aliphatic heterocycles. The molecule has 1 amide bonds. The van der Waals surface area contributed by atoms with Crippen LogP contribution in [-0.2, 0) is 6.42 Å². The average Bonchev–Trinajstić information content (AvgIpc) is 2.72. The fraction of sp³-hybridized carbons (Fsp3) is 0.190. The molecular weight excluding hydrogens is 376 g/mol. The van der Waals surface area contributed by atoms with Crippen molar-refractivity contribution in [3.05, 3.63) is 77.2 Å². The Morgan fingerprint density at radius 2 is 1.93 bits per heavy atom. The van der Waals surface area contributed by atoms with Gasteiger partial charge >= 0.3 is 0 Å². The van der Waals surface area contributed by atoms with Crippen LogP contribution in [0.2, 0.25) is 5.02 Å². The van der Waals surface area contributed by atoms with Gasteiger partial charge in [-0.25, -0.2) is 9.97 Å². The molecule has 28 heavy (non-hydrogen) atoms. The van der Waals surface area contributed by atoms with Crippen LogP contribution in [0, 0.1) is 0 Å². The lowest BCUT2D eigenvalue weighted by atomic mass is 10.1. The summed E-state index contributed by atoms with van der Waals surface area (Å²) in [5.41, 5.74) is 2.28. The van der Waals surface area contributed by atoms with Crippen LogP contribution < -0.4 is 15.4 Å². The third-order valence-electron chi connectivity index (χ3n) is 4.08. The number of carbonyl (C=O) groups is 1. The lowest BCUT2D eigenvalue weighted by Gasteiger charge is -2.09. The number of hydrogen-bond donors (Lipinski definition) is 2. The SMILES string of the molecule is COc1ccc(Nc2cnc(C(=O)NCCCc3ccccc3)cn2)cc1Cl. The molecule has 144 valence electrons. The summed E-state index contributed by atoms with van der Waals surface area (Å²) in [7, 11) is 1.56. The average molecular weight is 397 g/mol. The number of aryl methyl sites for hydroxylation is 1. The first-order valence-corrected chi connectivity index (χ1v) is 9.28.